The summed E-state index contributed by atoms with van der Waals surface area (Å²) in [6.45, 7) is 4.29. The van der Waals surface area contributed by atoms with Gasteiger partial charge in [-0.15, -0.1) is 0 Å². The van der Waals surface area contributed by atoms with Crippen molar-refractivity contribution >= 4 is 44.6 Å². The van der Waals surface area contributed by atoms with Crippen LogP contribution in [0, 0.1) is 11.6 Å². The van der Waals surface area contributed by atoms with Crippen LogP contribution in [0.5, 0.6) is 11.5 Å². The Morgan fingerprint density at radius 2 is 1.58 bits per heavy atom. The van der Waals surface area contributed by atoms with Gasteiger partial charge in [-0.3, -0.25) is 14.1 Å². The van der Waals surface area contributed by atoms with Gasteiger partial charge in [0.05, 0.1) is 48.8 Å². The highest BCUT2D eigenvalue weighted by Gasteiger charge is 2.30. The number of rotatable bonds is 11. The number of aromatic nitrogens is 4. The van der Waals surface area contributed by atoms with Crippen LogP contribution in [-0.2, 0) is 10.0 Å². The highest BCUT2D eigenvalue weighted by atomic mass is 32.2. The van der Waals surface area contributed by atoms with E-state index in [0.717, 1.165) is 56.8 Å². The number of ether oxygens (including phenoxy) is 2. The number of hydrogen-bond donors (Lipinski definition) is 2. The molecular weight excluding hydrogens is 781 g/mol. The highest BCUT2D eigenvalue weighted by Crippen LogP contribution is 2.37. The molecule has 2 saturated heterocycles. The third-order valence-electron chi connectivity index (χ3n) is 10.9. The van der Waals surface area contributed by atoms with Crippen molar-refractivity contribution in [3.63, 3.8) is 0 Å². The summed E-state index contributed by atoms with van der Waals surface area (Å²) in [6, 6.07) is 22.0. The molecule has 0 saturated carbocycles. The molecule has 6 aromatic rings. The molecule has 0 aliphatic carbocycles. The van der Waals surface area contributed by atoms with E-state index in [1.165, 1.54) is 19.4 Å². The van der Waals surface area contributed by atoms with E-state index in [9.17, 15) is 22.0 Å². The van der Waals surface area contributed by atoms with Gasteiger partial charge in [-0.1, -0.05) is 12.1 Å². The van der Waals surface area contributed by atoms with Crippen molar-refractivity contribution in [2.75, 3.05) is 75.3 Å². The van der Waals surface area contributed by atoms with E-state index in [0.29, 0.717) is 64.8 Å². The first kappa shape index (κ1) is 39.6. The van der Waals surface area contributed by atoms with Gasteiger partial charge in [-0.25, -0.2) is 32.2 Å². The van der Waals surface area contributed by atoms with E-state index >= 15 is 0 Å². The molecule has 0 bridgehead atoms. The summed E-state index contributed by atoms with van der Waals surface area (Å²) in [5.41, 5.74) is 3.98. The number of pyridine rings is 1. The second kappa shape index (κ2) is 16.6. The normalized spacial score (nSPS) is 15.6. The zero-order valence-corrected chi connectivity index (χ0v) is 33.5. The number of imidazole rings is 1. The monoisotopic (exact) mass is 823 g/mol. The average Bonchev–Trinajstić information content (AvgIpc) is 3.64. The molecule has 0 unspecified atom stereocenters. The zero-order chi connectivity index (χ0) is 41.3. The van der Waals surface area contributed by atoms with E-state index in [-0.39, 0.29) is 11.3 Å². The number of fused-ring (bicyclic) bond motifs is 1. The number of nitrogens with one attached hydrogen (secondary N) is 2. The van der Waals surface area contributed by atoms with Crippen LogP contribution in [-0.4, -0.2) is 109 Å². The van der Waals surface area contributed by atoms with Crippen molar-refractivity contribution in [3.05, 3.63) is 108 Å². The largest absolute Gasteiger partial charge is 0.496 e. The van der Waals surface area contributed by atoms with Gasteiger partial charge in [-0.2, -0.15) is 4.31 Å². The molecule has 59 heavy (non-hydrogen) atoms. The van der Waals surface area contributed by atoms with Gasteiger partial charge in [-0.05, 0) is 73.5 Å². The van der Waals surface area contributed by atoms with E-state index in [4.69, 9.17) is 19.4 Å². The summed E-state index contributed by atoms with van der Waals surface area (Å²) in [4.78, 5) is 32.6. The predicted molar refractivity (Wildman–Crippen MR) is 222 cm³/mol. The summed E-state index contributed by atoms with van der Waals surface area (Å²) >= 11 is 0. The van der Waals surface area contributed by atoms with Crippen LogP contribution in [0.1, 0.15) is 23.2 Å². The molecular formula is C42H43F2N9O5S. The van der Waals surface area contributed by atoms with Crippen molar-refractivity contribution in [2.24, 2.45) is 0 Å². The number of carbonyl (C=O) groups excluding carboxylic acids is 1. The first-order valence-corrected chi connectivity index (χ1v) is 21.0. The Morgan fingerprint density at radius 3 is 2.29 bits per heavy atom. The standard InChI is InChI=1S/C42H43F2N9O5S/c1-57-35-13-10-27(25-30(35)41(54)49-39-31(43)7-6-8-32(39)44)38-40(53-18-5-4-9-37(53)48-38)34-14-17-45-42(47-34)46-33-12-11-29(26-36(33)58-2)50-19-15-28(16-20-50)51-21-23-52(24-22-51)59(3,55)56/h4-14,17-18,25-26,28H,15-16,19-24H2,1-3H3,(H,49,54)(H,45,46,47). The minimum atomic E-state index is -3.16. The maximum atomic E-state index is 14.5. The summed E-state index contributed by atoms with van der Waals surface area (Å²) in [7, 11) is -0.143. The fourth-order valence-electron chi connectivity index (χ4n) is 7.81. The van der Waals surface area contributed by atoms with Crippen LogP contribution in [0.2, 0.25) is 0 Å². The van der Waals surface area contributed by atoms with Crippen LogP contribution in [0.4, 0.5) is 31.8 Å². The number of halogens is 2. The lowest BCUT2D eigenvalue weighted by Crippen LogP contribution is -2.54. The minimum Gasteiger partial charge on any atom is -0.496 e. The molecule has 2 aliphatic heterocycles. The maximum Gasteiger partial charge on any atom is 0.259 e. The van der Waals surface area contributed by atoms with Gasteiger partial charge in [0.1, 0.15) is 34.5 Å². The summed E-state index contributed by atoms with van der Waals surface area (Å²) in [5, 5.41) is 5.67. The maximum absolute atomic E-state index is 14.5. The molecule has 3 aromatic carbocycles. The van der Waals surface area contributed by atoms with E-state index < -0.39 is 33.3 Å². The highest BCUT2D eigenvalue weighted by molar-refractivity contribution is 7.88. The third kappa shape index (κ3) is 8.26. The molecule has 1 amide bonds. The van der Waals surface area contributed by atoms with Crippen molar-refractivity contribution in [2.45, 2.75) is 18.9 Å². The number of benzene rings is 3. The molecule has 2 N–H and O–H groups in total. The second-order valence-corrected chi connectivity index (χ2v) is 16.4. The number of hydrogen-bond acceptors (Lipinski definition) is 11. The number of anilines is 4. The molecule has 3 aromatic heterocycles. The summed E-state index contributed by atoms with van der Waals surface area (Å²) in [6.07, 6.45) is 6.73. The van der Waals surface area contributed by atoms with Crippen LogP contribution in [0.3, 0.4) is 0 Å². The number of nitrogens with zero attached hydrogens (tertiary/aromatic N) is 7. The summed E-state index contributed by atoms with van der Waals surface area (Å²) in [5.74, 6) is -1.45. The van der Waals surface area contributed by atoms with Gasteiger partial charge in [0.25, 0.3) is 5.91 Å². The summed E-state index contributed by atoms with van der Waals surface area (Å²) < 4.78 is 67.6. The number of sulfonamides is 1. The Labute approximate surface area is 340 Å². The van der Waals surface area contributed by atoms with Crippen LogP contribution in [0.15, 0.2) is 91.3 Å². The Hall–Kier alpha value is -6.17. The molecule has 0 atom stereocenters. The van der Waals surface area contributed by atoms with E-state index in [1.807, 2.05) is 47.0 Å². The lowest BCUT2D eigenvalue weighted by atomic mass is 10.0. The first-order valence-electron chi connectivity index (χ1n) is 19.1. The van der Waals surface area contributed by atoms with Crippen LogP contribution < -0.4 is 25.0 Å². The Morgan fingerprint density at radius 1 is 0.831 bits per heavy atom. The van der Waals surface area contributed by atoms with E-state index in [1.54, 1.807) is 41.9 Å². The number of amides is 1. The molecule has 8 rings (SSSR count). The fraction of sp³-hybridized carbons (Fsp3) is 0.286. The van der Waals surface area contributed by atoms with Crippen molar-refractivity contribution in [1.29, 1.82) is 0 Å². The molecule has 0 spiro atoms. The molecule has 2 fully saturated rings. The van der Waals surface area contributed by atoms with Crippen molar-refractivity contribution in [3.8, 4) is 34.1 Å². The molecule has 17 heteroatoms. The quantitative estimate of drug-likeness (QED) is 0.152. The third-order valence-corrected chi connectivity index (χ3v) is 12.2. The topological polar surface area (TPSA) is 147 Å². The van der Waals surface area contributed by atoms with Gasteiger partial charge >= 0.3 is 0 Å². The van der Waals surface area contributed by atoms with Crippen LogP contribution >= 0.6 is 0 Å². The lowest BCUT2D eigenvalue weighted by molar-refractivity contribution is 0.102. The SMILES string of the molecule is COc1cc(N2CCC(N3CCN(S(C)(=O)=O)CC3)CC2)ccc1Nc1nccc(-c2c(-c3ccc(OC)c(C(=O)Nc4c(F)cccc4F)c3)nc3ccccn23)n1. The Balaban J connectivity index is 1.03. The van der Waals surface area contributed by atoms with Crippen molar-refractivity contribution in [1.82, 2.24) is 28.6 Å². The number of carbonyl (C=O) groups is 1. The number of para-hydroxylation sites is 1. The number of piperidine rings is 1. The van der Waals surface area contributed by atoms with Gasteiger partial charge in [0.15, 0.2) is 0 Å². The van der Waals surface area contributed by atoms with Gasteiger partial charge < -0.3 is 25.0 Å². The first-order chi connectivity index (χ1) is 28.5. The molecule has 2 aliphatic rings. The number of piperazine rings is 1. The molecule has 14 nitrogen and oxygen atoms in total. The predicted octanol–water partition coefficient (Wildman–Crippen LogP) is 6.30. The van der Waals surface area contributed by atoms with E-state index in [2.05, 4.69) is 25.4 Å². The Kier molecular flexibility index (Phi) is 11.2. The van der Waals surface area contributed by atoms with Crippen molar-refractivity contribution < 1.29 is 31.5 Å². The zero-order valence-electron chi connectivity index (χ0n) is 32.7. The molecule has 5 heterocycles. The fourth-order valence-corrected chi connectivity index (χ4v) is 8.64. The number of methoxy groups -OCH3 is 2. The van der Waals surface area contributed by atoms with Gasteiger partial charge in [0, 0.05) is 75.0 Å². The minimum absolute atomic E-state index is 0.0469. The Bertz CT molecular complexity index is 2610. The lowest BCUT2D eigenvalue weighted by Gasteiger charge is -2.42. The average molecular weight is 824 g/mol. The smallest absolute Gasteiger partial charge is 0.259 e. The molecule has 306 valence electrons. The second-order valence-electron chi connectivity index (χ2n) is 14.4. The molecule has 0 radical (unpaired) electrons. The van der Waals surface area contributed by atoms with Crippen LogP contribution in [0.25, 0.3) is 28.3 Å². The van der Waals surface area contributed by atoms with Gasteiger partial charge in [0.2, 0.25) is 16.0 Å².